The van der Waals surface area contributed by atoms with Gasteiger partial charge in [0.15, 0.2) is 6.19 Å². The van der Waals surface area contributed by atoms with E-state index in [1.165, 1.54) is 6.07 Å². The van der Waals surface area contributed by atoms with Crippen molar-refractivity contribution in [2.75, 3.05) is 16.8 Å². The van der Waals surface area contributed by atoms with Crippen molar-refractivity contribution in [3.8, 4) is 12.3 Å². The molecule has 0 aliphatic carbocycles. The minimum Gasteiger partial charge on any atom is -0.478 e. The molecule has 0 saturated carbocycles. The summed E-state index contributed by atoms with van der Waals surface area (Å²) in [5.41, 5.74) is 14.6. The fourth-order valence-corrected chi connectivity index (χ4v) is 3.20. The van der Waals surface area contributed by atoms with Crippen molar-refractivity contribution >= 4 is 29.3 Å². The van der Waals surface area contributed by atoms with Gasteiger partial charge in [-0.25, -0.2) is 14.8 Å². The Kier molecular flexibility index (Phi) is 4.47. The van der Waals surface area contributed by atoms with Gasteiger partial charge >= 0.3 is 5.97 Å². The molecule has 1 aliphatic rings. The van der Waals surface area contributed by atoms with Crippen molar-refractivity contribution < 1.29 is 9.90 Å². The van der Waals surface area contributed by atoms with E-state index in [-0.39, 0.29) is 34.4 Å². The Morgan fingerprint density at radius 3 is 2.61 bits per heavy atom. The van der Waals surface area contributed by atoms with Crippen molar-refractivity contribution in [3.63, 3.8) is 0 Å². The summed E-state index contributed by atoms with van der Waals surface area (Å²) in [5, 5.41) is 33.0. The monoisotopic (exact) mass is 376 g/mol. The topological polar surface area (TPSA) is 186 Å². The molecule has 2 heterocycles. The summed E-state index contributed by atoms with van der Waals surface area (Å²) in [7, 11) is 0. The molecule has 1 atom stereocenters. The van der Waals surface area contributed by atoms with E-state index < -0.39 is 12.0 Å². The van der Waals surface area contributed by atoms with Crippen LogP contribution in [0.25, 0.3) is 0 Å². The van der Waals surface area contributed by atoms with Crippen LogP contribution in [0.3, 0.4) is 0 Å². The van der Waals surface area contributed by atoms with Crippen molar-refractivity contribution in [1.29, 1.82) is 10.5 Å². The number of carboxylic acid groups (broad SMARTS) is 1. The Balaban J connectivity index is 2.33. The third kappa shape index (κ3) is 2.89. The summed E-state index contributed by atoms with van der Waals surface area (Å²) >= 11 is 0. The highest BCUT2D eigenvalue weighted by molar-refractivity contribution is 5.98. The molecular formula is C18H16N8O2. The Morgan fingerprint density at radius 2 is 2.00 bits per heavy atom. The van der Waals surface area contributed by atoms with E-state index in [1.54, 1.807) is 19.2 Å². The minimum atomic E-state index is -1.08. The molecule has 0 fully saturated rings. The zero-order valence-electron chi connectivity index (χ0n) is 15.0. The van der Waals surface area contributed by atoms with Gasteiger partial charge in [0, 0.05) is 5.56 Å². The van der Waals surface area contributed by atoms with Crippen LogP contribution in [0, 0.1) is 36.6 Å². The number of pyridine rings is 1. The van der Waals surface area contributed by atoms with Crippen molar-refractivity contribution in [2.45, 2.75) is 19.9 Å². The van der Waals surface area contributed by atoms with Gasteiger partial charge in [-0.2, -0.15) is 10.5 Å². The average Bonchev–Trinajstić information content (AvgIpc) is 2.61. The molecule has 0 radical (unpaired) electrons. The number of rotatable bonds is 2. The maximum absolute atomic E-state index is 11.6. The predicted molar refractivity (Wildman–Crippen MR) is 102 cm³/mol. The maximum Gasteiger partial charge on any atom is 0.335 e. The SMILES string of the molecule is Cc1cc(C)c(C2N=C(NC#N)Nc3nc(N)c(C#N)c(N)c32)cc1C(=O)O. The zero-order valence-corrected chi connectivity index (χ0v) is 15.0. The van der Waals surface area contributed by atoms with Crippen molar-refractivity contribution in [3.05, 3.63) is 45.5 Å². The lowest BCUT2D eigenvalue weighted by atomic mass is 9.89. The Labute approximate surface area is 160 Å². The smallest absolute Gasteiger partial charge is 0.335 e. The summed E-state index contributed by atoms with van der Waals surface area (Å²) in [4.78, 5) is 20.2. The fraction of sp³-hybridized carbons (Fsp3) is 0.167. The predicted octanol–water partition coefficient (Wildman–Crippen LogP) is 1.37. The normalized spacial score (nSPS) is 14.7. The number of aryl methyl sites for hydroxylation is 2. The largest absolute Gasteiger partial charge is 0.478 e. The molecular weight excluding hydrogens is 360 g/mol. The molecule has 0 amide bonds. The Morgan fingerprint density at radius 1 is 1.29 bits per heavy atom. The van der Waals surface area contributed by atoms with Crippen molar-refractivity contribution in [2.24, 2.45) is 4.99 Å². The Hall–Kier alpha value is -4.31. The average molecular weight is 376 g/mol. The van der Waals surface area contributed by atoms with Crippen LogP contribution in [0.1, 0.15) is 44.2 Å². The molecule has 10 heteroatoms. The second kappa shape index (κ2) is 6.78. The van der Waals surface area contributed by atoms with Crippen LogP contribution in [-0.2, 0) is 0 Å². The summed E-state index contributed by atoms with van der Waals surface area (Å²) in [6.07, 6.45) is 1.77. The number of nitrogens with one attached hydrogen (secondary N) is 2. The number of hydrogen-bond donors (Lipinski definition) is 5. The number of nitrogen functional groups attached to an aromatic ring is 2. The highest BCUT2D eigenvalue weighted by Crippen LogP contribution is 2.41. The second-order valence-corrected chi connectivity index (χ2v) is 6.23. The lowest BCUT2D eigenvalue weighted by molar-refractivity contribution is 0.0696. The summed E-state index contributed by atoms with van der Waals surface area (Å²) in [6, 6.07) is 4.39. The van der Waals surface area contributed by atoms with Gasteiger partial charge in [0.25, 0.3) is 0 Å². The first-order valence-electron chi connectivity index (χ1n) is 8.11. The molecule has 10 nitrogen and oxygen atoms in total. The van der Waals surface area contributed by atoms with Gasteiger partial charge in [0.2, 0.25) is 5.96 Å². The third-order valence-corrected chi connectivity index (χ3v) is 4.50. The number of aromatic carboxylic acids is 1. The highest BCUT2D eigenvalue weighted by atomic mass is 16.4. The number of aliphatic imine (C=N–C) groups is 1. The van der Waals surface area contributed by atoms with Crippen LogP contribution in [0.5, 0.6) is 0 Å². The first-order valence-corrected chi connectivity index (χ1v) is 8.11. The second-order valence-electron chi connectivity index (χ2n) is 6.23. The molecule has 1 unspecified atom stereocenters. The minimum absolute atomic E-state index is 0.0145. The van der Waals surface area contributed by atoms with E-state index in [1.807, 2.05) is 13.0 Å². The van der Waals surface area contributed by atoms with E-state index in [0.29, 0.717) is 16.7 Å². The Bertz CT molecular complexity index is 1120. The quantitative estimate of drug-likeness (QED) is 0.381. The van der Waals surface area contributed by atoms with E-state index in [4.69, 9.17) is 16.7 Å². The van der Waals surface area contributed by atoms with Gasteiger partial charge in [0.1, 0.15) is 29.3 Å². The molecule has 7 N–H and O–H groups in total. The van der Waals surface area contributed by atoms with Crippen LogP contribution in [-0.4, -0.2) is 22.0 Å². The number of benzene rings is 1. The summed E-state index contributed by atoms with van der Waals surface area (Å²) in [5.74, 6) is -0.792. The van der Waals surface area contributed by atoms with E-state index in [9.17, 15) is 15.2 Å². The molecule has 0 spiro atoms. The molecule has 1 aromatic heterocycles. The molecule has 1 aromatic carbocycles. The van der Waals surface area contributed by atoms with Gasteiger partial charge in [-0.15, -0.1) is 0 Å². The zero-order chi connectivity index (χ0) is 20.6. The number of nitrogens with zero attached hydrogens (tertiary/aromatic N) is 4. The number of nitrogens with two attached hydrogens (primary N) is 2. The van der Waals surface area contributed by atoms with Gasteiger partial charge < -0.3 is 21.9 Å². The summed E-state index contributed by atoms with van der Waals surface area (Å²) in [6.45, 7) is 3.52. The molecule has 3 rings (SSSR count). The number of aromatic nitrogens is 1. The molecule has 0 bridgehead atoms. The number of hydrogen-bond acceptors (Lipinski definition) is 9. The van der Waals surface area contributed by atoms with Gasteiger partial charge in [0.05, 0.1) is 11.3 Å². The number of guanidine groups is 1. The van der Waals surface area contributed by atoms with Gasteiger partial charge in [-0.05, 0) is 36.6 Å². The van der Waals surface area contributed by atoms with Crippen molar-refractivity contribution in [1.82, 2.24) is 10.3 Å². The first kappa shape index (κ1) is 18.5. The molecule has 28 heavy (non-hydrogen) atoms. The van der Waals surface area contributed by atoms with E-state index >= 15 is 0 Å². The first-order chi connectivity index (χ1) is 13.3. The van der Waals surface area contributed by atoms with Crippen LogP contribution in [0.2, 0.25) is 0 Å². The van der Waals surface area contributed by atoms with Crippen LogP contribution in [0.4, 0.5) is 17.3 Å². The number of fused-ring (bicyclic) bond motifs is 1. The number of carbonyl (C=O) groups is 1. The number of nitriles is 2. The molecule has 140 valence electrons. The summed E-state index contributed by atoms with van der Waals surface area (Å²) < 4.78 is 0. The standard InChI is InChI=1S/C18H16N8O2/c1-7-3-8(2)10(17(27)28)4-9(7)14-12-13(21)11(5-19)15(22)25-16(12)26-18(24-14)23-6-20/h3-4,14H,1-2H3,(H,27,28)(H6,21,22,23,24,25,26). The van der Waals surface area contributed by atoms with Gasteiger partial charge in [-0.1, -0.05) is 6.07 Å². The number of anilines is 3. The third-order valence-electron chi connectivity index (χ3n) is 4.50. The molecule has 2 aromatic rings. The number of carboxylic acids is 1. The lowest BCUT2D eigenvalue weighted by Crippen LogP contribution is -2.33. The van der Waals surface area contributed by atoms with Crippen LogP contribution >= 0.6 is 0 Å². The van der Waals surface area contributed by atoms with E-state index in [0.717, 1.165) is 5.56 Å². The molecule has 1 aliphatic heterocycles. The fourth-order valence-electron chi connectivity index (χ4n) is 3.20. The van der Waals surface area contributed by atoms with E-state index in [2.05, 4.69) is 20.6 Å². The lowest BCUT2D eigenvalue weighted by Gasteiger charge is -2.27. The van der Waals surface area contributed by atoms with Crippen LogP contribution in [0.15, 0.2) is 17.1 Å². The van der Waals surface area contributed by atoms with Crippen LogP contribution < -0.4 is 22.1 Å². The highest BCUT2D eigenvalue weighted by Gasteiger charge is 2.31. The molecule has 0 saturated heterocycles. The van der Waals surface area contributed by atoms with Gasteiger partial charge in [-0.3, -0.25) is 5.32 Å². The maximum atomic E-state index is 11.6.